The average molecular weight is 283 g/mol. The third kappa shape index (κ3) is 5.85. The van der Waals surface area contributed by atoms with Crippen LogP contribution in [-0.2, 0) is 16.0 Å². The molecule has 9 nitrogen and oxygen atoms in total. The summed E-state index contributed by atoms with van der Waals surface area (Å²) < 4.78 is 0. The van der Waals surface area contributed by atoms with Gasteiger partial charge in [-0.15, -0.1) is 0 Å². The van der Waals surface area contributed by atoms with Crippen LogP contribution in [0.4, 0.5) is 4.79 Å². The number of carbonyl (C=O) groups excluding carboxylic acids is 2. The number of aromatic nitrogens is 2. The standard InChI is InChI=1S/C11H17N5O4/c12-9(17)2-1-3-14-11(20)16-8(10(18)19)4-7-5-13-6-15-7/h5-6,8H,1-4H2,(H2,12,17)(H,13,15)(H,18,19)(H2,14,16,20). The third-order valence-electron chi connectivity index (χ3n) is 2.47. The topological polar surface area (TPSA) is 150 Å². The van der Waals surface area contributed by atoms with Crippen molar-refractivity contribution in [3.05, 3.63) is 18.2 Å². The molecule has 0 bridgehead atoms. The van der Waals surface area contributed by atoms with Gasteiger partial charge in [-0.1, -0.05) is 0 Å². The van der Waals surface area contributed by atoms with Crippen LogP contribution in [0.5, 0.6) is 0 Å². The average Bonchev–Trinajstić information content (AvgIpc) is 2.86. The van der Waals surface area contributed by atoms with E-state index in [4.69, 9.17) is 10.8 Å². The highest BCUT2D eigenvalue weighted by Crippen LogP contribution is 1.98. The summed E-state index contributed by atoms with van der Waals surface area (Å²) >= 11 is 0. The molecule has 1 aromatic heterocycles. The number of aliphatic carboxylic acids is 1. The number of aromatic amines is 1. The number of hydrogen-bond acceptors (Lipinski definition) is 4. The zero-order chi connectivity index (χ0) is 15.0. The summed E-state index contributed by atoms with van der Waals surface area (Å²) in [6, 6.07) is -1.67. The van der Waals surface area contributed by atoms with Crippen LogP contribution in [0.15, 0.2) is 12.5 Å². The number of carbonyl (C=O) groups is 3. The van der Waals surface area contributed by atoms with E-state index in [1.165, 1.54) is 12.5 Å². The quantitative estimate of drug-likeness (QED) is 0.386. The SMILES string of the molecule is NC(=O)CCCNC(=O)NC(Cc1cnc[nH]1)C(=O)O. The molecule has 0 aliphatic carbocycles. The van der Waals surface area contributed by atoms with E-state index in [1.54, 1.807) is 0 Å². The molecule has 0 spiro atoms. The van der Waals surface area contributed by atoms with Crippen LogP contribution < -0.4 is 16.4 Å². The van der Waals surface area contributed by atoms with Crippen molar-refractivity contribution in [3.8, 4) is 0 Å². The summed E-state index contributed by atoms with van der Waals surface area (Å²) in [5.41, 5.74) is 5.55. The fraction of sp³-hybridized carbons (Fsp3) is 0.455. The minimum Gasteiger partial charge on any atom is -0.480 e. The minimum absolute atomic E-state index is 0.101. The lowest BCUT2D eigenvalue weighted by atomic mass is 10.2. The molecule has 0 radical (unpaired) electrons. The van der Waals surface area contributed by atoms with Gasteiger partial charge in [-0.3, -0.25) is 4.79 Å². The zero-order valence-corrected chi connectivity index (χ0v) is 10.8. The number of carboxylic acid groups (broad SMARTS) is 1. The van der Waals surface area contributed by atoms with Gasteiger partial charge in [-0.05, 0) is 6.42 Å². The molecule has 0 aliphatic rings. The minimum atomic E-state index is -1.15. The molecular formula is C11H17N5O4. The molecule has 0 aliphatic heterocycles. The second-order valence-electron chi connectivity index (χ2n) is 4.14. The Morgan fingerprint density at radius 1 is 1.45 bits per heavy atom. The number of hydrogen-bond donors (Lipinski definition) is 5. The number of nitrogens with two attached hydrogens (primary N) is 1. The van der Waals surface area contributed by atoms with Gasteiger partial charge in [0.25, 0.3) is 0 Å². The van der Waals surface area contributed by atoms with Gasteiger partial charge in [-0.25, -0.2) is 14.6 Å². The number of amides is 3. The van der Waals surface area contributed by atoms with Crippen LogP contribution >= 0.6 is 0 Å². The second-order valence-corrected chi connectivity index (χ2v) is 4.14. The van der Waals surface area contributed by atoms with Crippen molar-refractivity contribution >= 4 is 17.9 Å². The Hall–Kier alpha value is -2.58. The number of nitrogens with one attached hydrogen (secondary N) is 3. The van der Waals surface area contributed by atoms with Gasteiger partial charge >= 0.3 is 12.0 Å². The van der Waals surface area contributed by atoms with Gasteiger partial charge in [0.15, 0.2) is 0 Å². The Bertz CT molecular complexity index is 459. The maximum absolute atomic E-state index is 11.5. The summed E-state index contributed by atoms with van der Waals surface area (Å²) in [4.78, 5) is 39.6. The van der Waals surface area contributed by atoms with Crippen molar-refractivity contribution in [1.29, 1.82) is 0 Å². The van der Waals surface area contributed by atoms with Crippen LogP contribution in [-0.4, -0.2) is 45.6 Å². The van der Waals surface area contributed by atoms with Crippen molar-refractivity contribution < 1.29 is 19.5 Å². The highest BCUT2D eigenvalue weighted by molar-refractivity contribution is 5.82. The molecule has 1 atom stereocenters. The smallest absolute Gasteiger partial charge is 0.326 e. The summed E-state index contributed by atoms with van der Waals surface area (Å²) in [5, 5.41) is 13.8. The molecule has 1 rings (SSSR count). The van der Waals surface area contributed by atoms with Gasteiger partial charge < -0.3 is 26.5 Å². The fourth-order valence-corrected chi connectivity index (χ4v) is 1.49. The first-order chi connectivity index (χ1) is 9.49. The molecular weight excluding hydrogens is 266 g/mol. The lowest BCUT2D eigenvalue weighted by molar-refractivity contribution is -0.139. The first-order valence-corrected chi connectivity index (χ1v) is 6.01. The van der Waals surface area contributed by atoms with E-state index in [1.807, 2.05) is 0 Å². The largest absolute Gasteiger partial charge is 0.480 e. The fourth-order valence-electron chi connectivity index (χ4n) is 1.49. The Labute approximate surface area is 114 Å². The van der Waals surface area contributed by atoms with E-state index in [0.717, 1.165) is 0 Å². The van der Waals surface area contributed by atoms with Crippen molar-refractivity contribution in [2.24, 2.45) is 5.73 Å². The summed E-state index contributed by atoms with van der Waals surface area (Å²) in [7, 11) is 0. The number of primary amides is 1. The predicted octanol–water partition coefficient (Wildman–Crippen LogP) is -1.03. The molecule has 0 aromatic carbocycles. The molecule has 110 valence electrons. The third-order valence-corrected chi connectivity index (χ3v) is 2.47. The first kappa shape index (κ1) is 15.5. The van der Waals surface area contributed by atoms with E-state index in [2.05, 4.69) is 20.6 Å². The Morgan fingerprint density at radius 3 is 2.75 bits per heavy atom. The molecule has 20 heavy (non-hydrogen) atoms. The van der Waals surface area contributed by atoms with E-state index < -0.39 is 23.9 Å². The molecule has 0 saturated heterocycles. The number of carboxylic acids is 1. The predicted molar refractivity (Wildman–Crippen MR) is 68.7 cm³/mol. The van der Waals surface area contributed by atoms with Gasteiger partial charge in [-0.2, -0.15) is 0 Å². The zero-order valence-electron chi connectivity index (χ0n) is 10.8. The highest BCUT2D eigenvalue weighted by atomic mass is 16.4. The van der Waals surface area contributed by atoms with Crippen molar-refractivity contribution in [2.75, 3.05) is 6.54 Å². The molecule has 9 heteroatoms. The summed E-state index contributed by atoms with van der Waals surface area (Å²) in [6.07, 6.45) is 3.59. The Morgan fingerprint density at radius 2 is 2.20 bits per heavy atom. The maximum atomic E-state index is 11.5. The van der Waals surface area contributed by atoms with Crippen LogP contribution in [0.25, 0.3) is 0 Å². The number of rotatable bonds is 8. The normalized spacial score (nSPS) is 11.6. The van der Waals surface area contributed by atoms with Gasteiger partial charge in [0.2, 0.25) is 5.91 Å². The highest BCUT2D eigenvalue weighted by Gasteiger charge is 2.20. The summed E-state index contributed by atoms with van der Waals surface area (Å²) in [5.74, 6) is -1.60. The Kier molecular flexibility index (Phi) is 6.01. The molecule has 1 aromatic rings. The van der Waals surface area contributed by atoms with Crippen LogP contribution in [0.3, 0.4) is 0 Å². The first-order valence-electron chi connectivity index (χ1n) is 6.01. The monoisotopic (exact) mass is 283 g/mol. The van der Waals surface area contributed by atoms with E-state index in [9.17, 15) is 14.4 Å². The Balaban J connectivity index is 2.35. The van der Waals surface area contributed by atoms with Gasteiger partial charge in [0, 0.05) is 31.3 Å². The van der Waals surface area contributed by atoms with Crippen LogP contribution in [0.2, 0.25) is 0 Å². The van der Waals surface area contributed by atoms with Crippen LogP contribution in [0, 0.1) is 0 Å². The summed E-state index contributed by atoms with van der Waals surface area (Å²) in [6.45, 7) is 0.241. The van der Waals surface area contributed by atoms with E-state index in [-0.39, 0.29) is 19.4 Å². The number of imidazole rings is 1. The van der Waals surface area contributed by atoms with E-state index in [0.29, 0.717) is 12.1 Å². The number of H-pyrrole nitrogens is 1. The molecule has 3 amide bonds. The molecule has 0 fully saturated rings. The van der Waals surface area contributed by atoms with E-state index >= 15 is 0 Å². The molecule has 1 unspecified atom stereocenters. The van der Waals surface area contributed by atoms with Crippen molar-refractivity contribution in [1.82, 2.24) is 20.6 Å². The molecule has 6 N–H and O–H groups in total. The maximum Gasteiger partial charge on any atom is 0.326 e. The van der Waals surface area contributed by atoms with Gasteiger partial charge in [0.05, 0.1) is 6.33 Å². The lowest BCUT2D eigenvalue weighted by Crippen LogP contribution is -2.47. The molecule has 1 heterocycles. The lowest BCUT2D eigenvalue weighted by Gasteiger charge is -2.14. The number of nitrogens with zero attached hydrogens (tertiary/aromatic N) is 1. The molecule has 0 saturated carbocycles. The van der Waals surface area contributed by atoms with Crippen molar-refractivity contribution in [3.63, 3.8) is 0 Å². The van der Waals surface area contributed by atoms with Crippen molar-refractivity contribution in [2.45, 2.75) is 25.3 Å². The van der Waals surface area contributed by atoms with Gasteiger partial charge in [0.1, 0.15) is 6.04 Å². The van der Waals surface area contributed by atoms with Crippen LogP contribution in [0.1, 0.15) is 18.5 Å². The second kappa shape index (κ2) is 7.77. The number of urea groups is 1.